The second-order valence-corrected chi connectivity index (χ2v) is 10.4. The van der Waals surface area contributed by atoms with Gasteiger partial charge in [0.25, 0.3) is 11.8 Å². The zero-order chi connectivity index (χ0) is 28.6. The lowest BCUT2D eigenvalue weighted by molar-refractivity contribution is 0.0383. The second kappa shape index (κ2) is 13.5. The molecule has 0 unspecified atom stereocenters. The van der Waals surface area contributed by atoms with Crippen LogP contribution in [0.4, 0.5) is 17.1 Å². The molecule has 2 heterocycles. The third-order valence-corrected chi connectivity index (χ3v) is 7.75. The number of benzene rings is 3. The Labute approximate surface area is 242 Å². The number of anilines is 3. The second-order valence-electron chi connectivity index (χ2n) is 10.4. The van der Waals surface area contributed by atoms with Crippen molar-refractivity contribution in [1.29, 1.82) is 0 Å². The molecule has 41 heavy (non-hydrogen) atoms. The number of nitrogens with one attached hydrogen (secondary N) is 2. The molecule has 216 valence electrons. The van der Waals surface area contributed by atoms with E-state index in [9.17, 15) is 9.59 Å². The molecule has 0 aromatic heterocycles. The Morgan fingerprint density at radius 3 is 2.22 bits per heavy atom. The number of ether oxygens (including phenoxy) is 2. The minimum atomic E-state index is -0.194. The number of carbonyl (C=O) groups excluding carboxylic acids is 2. The summed E-state index contributed by atoms with van der Waals surface area (Å²) in [5, 5.41) is 6.10. The number of amides is 2. The maximum absolute atomic E-state index is 13.6. The fourth-order valence-electron chi connectivity index (χ4n) is 5.42. The number of hydrogen-bond acceptors (Lipinski definition) is 7. The van der Waals surface area contributed by atoms with Gasteiger partial charge in [-0.15, -0.1) is 0 Å². The highest BCUT2D eigenvalue weighted by Crippen LogP contribution is 2.31. The first-order valence-electron chi connectivity index (χ1n) is 14.3. The van der Waals surface area contributed by atoms with Crippen LogP contribution in [0.5, 0.6) is 5.75 Å². The van der Waals surface area contributed by atoms with E-state index in [1.165, 1.54) is 0 Å². The van der Waals surface area contributed by atoms with Crippen LogP contribution in [-0.4, -0.2) is 89.4 Å². The molecule has 0 atom stereocenters. The van der Waals surface area contributed by atoms with Crippen LogP contribution in [0, 0.1) is 6.92 Å². The summed E-state index contributed by atoms with van der Waals surface area (Å²) in [6, 6.07) is 21.1. The number of morpholine rings is 1. The van der Waals surface area contributed by atoms with Crippen LogP contribution in [0.25, 0.3) is 0 Å². The zero-order valence-corrected chi connectivity index (χ0v) is 23.9. The minimum absolute atomic E-state index is 0.146. The zero-order valence-electron chi connectivity index (χ0n) is 23.9. The van der Waals surface area contributed by atoms with Gasteiger partial charge in [-0.3, -0.25) is 14.5 Å². The molecule has 3 aromatic rings. The van der Waals surface area contributed by atoms with E-state index in [4.69, 9.17) is 9.47 Å². The van der Waals surface area contributed by atoms with Gasteiger partial charge in [0.05, 0.1) is 31.6 Å². The topological polar surface area (TPSA) is 86.4 Å². The van der Waals surface area contributed by atoms with Gasteiger partial charge < -0.3 is 29.9 Å². The standard InChI is InChI=1S/C32H39N5O4/c1-24-7-3-4-8-26(24)32(39)34-25-11-12-28(27(23-25)31(38)33-13-14-35-19-21-41-22-20-35)36-15-17-37(18-16-36)29-9-5-6-10-30(29)40-2/h3-12,23H,13-22H2,1-2H3,(H,33,38)(H,34,39). The molecule has 2 N–H and O–H groups in total. The van der Waals surface area contributed by atoms with Crippen LogP contribution in [-0.2, 0) is 4.74 Å². The number of hydrogen-bond donors (Lipinski definition) is 2. The molecule has 9 heteroatoms. The van der Waals surface area contributed by atoms with Crippen LogP contribution >= 0.6 is 0 Å². The van der Waals surface area contributed by atoms with Crippen molar-refractivity contribution in [3.8, 4) is 5.75 Å². The van der Waals surface area contributed by atoms with Crippen molar-refractivity contribution >= 4 is 28.9 Å². The molecule has 5 rings (SSSR count). The molecule has 2 aliphatic heterocycles. The van der Waals surface area contributed by atoms with E-state index in [1.807, 2.05) is 55.5 Å². The highest BCUT2D eigenvalue weighted by Gasteiger charge is 2.24. The average molecular weight is 558 g/mol. The smallest absolute Gasteiger partial charge is 0.255 e. The highest BCUT2D eigenvalue weighted by atomic mass is 16.5. The van der Waals surface area contributed by atoms with Gasteiger partial charge in [-0.1, -0.05) is 30.3 Å². The van der Waals surface area contributed by atoms with Crippen molar-refractivity contribution in [2.24, 2.45) is 0 Å². The van der Waals surface area contributed by atoms with E-state index in [0.29, 0.717) is 23.4 Å². The van der Waals surface area contributed by atoms with E-state index in [-0.39, 0.29) is 11.8 Å². The summed E-state index contributed by atoms with van der Waals surface area (Å²) < 4.78 is 11.0. The molecular weight excluding hydrogens is 518 g/mol. The summed E-state index contributed by atoms with van der Waals surface area (Å²) in [6.07, 6.45) is 0. The maximum atomic E-state index is 13.6. The van der Waals surface area contributed by atoms with Crippen LogP contribution in [0.15, 0.2) is 66.7 Å². The van der Waals surface area contributed by atoms with E-state index in [2.05, 4.69) is 31.4 Å². The number of aryl methyl sites for hydroxylation is 1. The van der Waals surface area contributed by atoms with Gasteiger partial charge >= 0.3 is 0 Å². The summed E-state index contributed by atoms with van der Waals surface area (Å²) in [5.74, 6) is 0.516. The van der Waals surface area contributed by atoms with Crippen molar-refractivity contribution in [1.82, 2.24) is 10.2 Å². The summed E-state index contributed by atoms with van der Waals surface area (Å²) >= 11 is 0. The Hall–Kier alpha value is -4.08. The molecule has 0 bridgehead atoms. The molecule has 2 amide bonds. The third kappa shape index (κ3) is 6.99. The number of carbonyl (C=O) groups is 2. The van der Waals surface area contributed by atoms with Crippen molar-refractivity contribution in [2.75, 3.05) is 87.8 Å². The fourth-order valence-corrected chi connectivity index (χ4v) is 5.42. The molecule has 0 radical (unpaired) electrons. The van der Waals surface area contributed by atoms with Crippen molar-refractivity contribution in [3.63, 3.8) is 0 Å². The van der Waals surface area contributed by atoms with Crippen LogP contribution in [0.2, 0.25) is 0 Å². The van der Waals surface area contributed by atoms with E-state index < -0.39 is 0 Å². The summed E-state index contributed by atoms with van der Waals surface area (Å²) in [7, 11) is 1.69. The molecule has 0 aliphatic carbocycles. The SMILES string of the molecule is COc1ccccc1N1CCN(c2ccc(NC(=O)c3ccccc3C)cc2C(=O)NCCN2CCOCC2)CC1. The normalized spacial score (nSPS) is 15.9. The summed E-state index contributed by atoms with van der Waals surface area (Å²) in [4.78, 5) is 33.4. The van der Waals surface area contributed by atoms with Gasteiger partial charge in [0.2, 0.25) is 0 Å². The predicted molar refractivity (Wildman–Crippen MR) is 163 cm³/mol. The minimum Gasteiger partial charge on any atom is -0.495 e. The van der Waals surface area contributed by atoms with Crippen LogP contribution in [0.3, 0.4) is 0 Å². The Bertz CT molecular complexity index is 1350. The Kier molecular flexibility index (Phi) is 9.38. The summed E-state index contributed by atoms with van der Waals surface area (Å²) in [6.45, 7) is 9.51. The van der Waals surface area contributed by atoms with Crippen LogP contribution < -0.4 is 25.2 Å². The Morgan fingerprint density at radius 2 is 1.49 bits per heavy atom. The number of rotatable bonds is 9. The molecule has 9 nitrogen and oxygen atoms in total. The first-order chi connectivity index (χ1) is 20.0. The monoisotopic (exact) mass is 557 g/mol. The van der Waals surface area contributed by atoms with Crippen LogP contribution in [0.1, 0.15) is 26.3 Å². The van der Waals surface area contributed by atoms with Gasteiger partial charge in [0.15, 0.2) is 0 Å². The number of piperazine rings is 1. The van der Waals surface area contributed by atoms with Crippen molar-refractivity contribution < 1.29 is 19.1 Å². The predicted octanol–water partition coefficient (Wildman–Crippen LogP) is 3.64. The fraction of sp³-hybridized carbons (Fsp3) is 0.375. The molecule has 2 fully saturated rings. The number of nitrogens with zero attached hydrogens (tertiary/aromatic N) is 3. The third-order valence-electron chi connectivity index (χ3n) is 7.75. The van der Waals surface area contributed by atoms with Gasteiger partial charge in [0, 0.05) is 69.3 Å². The van der Waals surface area contributed by atoms with E-state index in [0.717, 1.165) is 81.7 Å². The lowest BCUT2D eigenvalue weighted by atomic mass is 10.1. The number of methoxy groups -OCH3 is 1. The maximum Gasteiger partial charge on any atom is 0.255 e. The Balaban J connectivity index is 1.32. The molecular formula is C32H39N5O4. The highest BCUT2D eigenvalue weighted by molar-refractivity contribution is 6.07. The van der Waals surface area contributed by atoms with Gasteiger partial charge in [0.1, 0.15) is 5.75 Å². The molecule has 2 saturated heterocycles. The molecule has 3 aromatic carbocycles. The lowest BCUT2D eigenvalue weighted by Gasteiger charge is -2.38. The largest absolute Gasteiger partial charge is 0.495 e. The first kappa shape index (κ1) is 28.4. The van der Waals surface area contributed by atoms with Gasteiger partial charge in [-0.05, 0) is 48.9 Å². The van der Waals surface area contributed by atoms with E-state index >= 15 is 0 Å². The molecule has 2 aliphatic rings. The average Bonchev–Trinajstić information content (AvgIpc) is 3.02. The molecule has 0 saturated carbocycles. The van der Waals surface area contributed by atoms with Crippen molar-refractivity contribution in [2.45, 2.75) is 6.92 Å². The van der Waals surface area contributed by atoms with Crippen molar-refractivity contribution in [3.05, 3.63) is 83.4 Å². The molecule has 0 spiro atoms. The first-order valence-corrected chi connectivity index (χ1v) is 14.3. The van der Waals surface area contributed by atoms with Gasteiger partial charge in [-0.25, -0.2) is 0 Å². The van der Waals surface area contributed by atoms with E-state index in [1.54, 1.807) is 19.2 Å². The lowest BCUT2D eigenvalue weighted by Crippen LogP contribution is -2.47. The number of para-hydroxylation sites is 2. The summed E-state index contributed by atoms with van der Waals surface area (Å²) in [5.41, 5.74) is 4.59. The Morgan fingerprint density at radius 1 is 0.805 bits per heavy atom. The van der Waals surface area contributed by atoms with Gasteiger partial charge in [-0.2, -0.15) is 0 Å². The quantitative estimate of drug-likeness (QED) is 0.416.